The van der Waals surface area contributed by atoms with Gasteiger partial charge in [0.1, 0.15) is 5.57 Å². The maximum absolute atomic E-state index is 12.8. The van der Waals surface area contributed by atoms with Gasteiger partial charge in [0.2, 0.25) is 0 Å². The van der Waals surface area contributed by atoms with Crippen LogP contribution in [0.1, 0.15) is 39.5 Å². The van der Waals surface area contributed by atoms with Gasteiger partial charge in [-0.25, -0.2) is 4.79 Å². The number of carbonyl (C=O) groups is 3. The minimum absolute atomic E-state index is 0.0253. The van der Waals surface area contributed by atoms with Crippen LogP contribution >= 0.6 is 0 Å². The first-order chi connectivity index (χ1) is 11.2. The van der Waals surface area contributed by atoms with E-state index in [-0.39, 0.29) is 19.3 Å². The van der Waals surface area contributed by atoms with Crippen molar-refractivity contribution < 1.29 is 37.0 Å². The van der Waals surface area contributed by atoms with Crippen LogP contribution in [-0.2, 0) is 23.9 Å². The van der Waals surface area contributed by atoms with Gasteiger partial charge in [-0.15, -0.1) is 0 Å². The van der Waals surface area contributed by atoms with Crippen molar-refractivity contribution >= 4 is 17.7 Å². The molecular formula is C15H20F3NO5. The second-order valence-electron chi connectivity index (χ2n) is 5.15. The summed E-state index contributed by atoms with van der Waals surface area (Å²) in [7, 11) is 0. The fourth-order valence-electron chi connectivity index (χ4n) is 2.06. The van der Waals surface area contributed by atoms with Crippen molar-refractivity contribution in [1.29, 1.82) is 0 Å². The van der Waals surface area contributed by atoms with Crippen LogP contribution in [0.25, 0.3) is 0 Å². The van der Waals surface area contributed by atoms with Crippen molar-refractivity contribution in [3.05, 3.63) is 11.3 Å². The highest BCUT2D eigenvalue weighted by atomic mass is 19.4. The molecule has 0 aromatic carbocycles. The lowest BCUT2D eigenvalue weighted by Crippen LogP contribution is -2.39. The van der Waals surface area contributed by atoms with Gasteiger partial charge in [0, 0.05) is 11.7 Å². The molecule has 0 aromatic rings. The molecule has 1 rings (SSSR count). The standard InChI is InChI=1S/C15H20F3NO5/c1-3-23-11(20)8-10(19-9-6-5-7-9)12(14(22)24-4-2)13(21)15(16,17)18/h9,19H,3-8H2,1-2H3. The Morgan fingerprint density at radius 1 is 1.08 bits per heavy atom. The van der Waals surface area contributed by atoms with E-state index in [9.17, 15) is 27.6 Å². The summed E-state index contributed by atoms with van der Waals surface area (Å²) in [5, 5.41) is 2.69. The Hall–Kier alpha value is -2.06. The molecule has 1 saturated carbocycles. The largest absolute Gasteiger partial charge is 0.466 e. The van der Waals surface area contributed by atoms with Gasteiger partial charge < -0.3 is 14.8 Å². The van der Waals surface area contributed by atoms with E-state index in [0.717, 1.165) is 6.42 Å². The summed E-state index contributed by atoms with van der Waals surface area (Å²) in [6, 6.07) is -0.195. The first-order valence-corrected chi connectivity index (χ1v) is 7.64. The Morgan fingerprint density at radius 2 is 1.67 bits per heavy atom. The van der Waals surface area contributed by atoms with Crippen molar-refractivity contribution in [2.75, 3.05) is 13.2 Å². The fourth-order valence-corrected chi connectivity index (χ4v) is 2.06. The summed E-state index contributed by atoms with van der Waals surface area (Å²) in [6.07, 6.45) is -3.69. The third kappa shape index (κ3) is 5.54. The van der Waals surface area contributed by atoms with Gasteiger partial charge >= 0.3 is 18.1 Å². The van der Waals surface area contributed by atoms with Crippen LogP contribution < -0.4 is 5.32 Å². The number of hydrogen-bond donors (Lipinski definition) is 1. The Bertz CT molecular complexity index is 524. The molecule has 0 radical (unpaired) electrons. The fraction of sp³-hybridized carbons (Fsp3) is 0.667. The zero-order valence-electron chi connectivity index (χ0n) is 13.5. The van der Waals surface area contributed by atoms with Crippen molar-refractivity contribution in [2.45, 2.75) is 51.7 Å². The molecule has 0 aliphatic heterocycles. The summed E-state index contributed by atoms with van der Waals surface area (Å²) in [4.78, 5) is 35.2. The van der Waals surface area contributed by atoms with Gasteiger partial charge in [-0.05, 0) is 33.1 Å². The molecule has 0 amide bonds. The van der Waals surface area contributed by atoms with Gasteiger partial charge in [0.15, 0.2) is 0 Å². The lowest BCUT2D eigenvalue weighted by molar-refractivity contribution is -0.169. The van der Waals surface area contributed by atoms with E-state index < -0.39 is 41.6 Å². The lowest BCUT2D eigenvalue weighted by Gasteiger charge is -2.29. The van der Waals surface area contributed by atoms with Gasteiger partial charge in [-0.3, -0.25) is 9.59 Å². The normalized spacial score (nSPS) is 15.9. The second-order valence-corrected chi connectivity index (χ2v) is 5.15. The van der Waals surface area contributed by atoms with E-state index in [2.05, 4.69) is 10.1 Å². The molecule has 0 heterocycles. The number of halogens is 3. The summed E-state index contributed by atoms with van der Waals surface area (Å²) in [5.74, 6) is -4.59. The van der Waals surface area contributed by atoms with Crippen LogP contribution in [-0.4, -0.2) is 43.2 Å². The van der Waals surface area contributed by atoms with Crippen LogP contribution in [0.3, 0.4) is 0 Å². The maximum Gasteiger partial charge on any atom is 0.455 e. The average Bonchev–Trinajstić information content (AvgIpc) is 2.42. The number of Topliss-reactive ketones (excluding diaryl/α,β-unsaturated/α-hetero) is 1. The molecule has 0 spiro atoms. The van der Waals surface area contributed by atoms with Gasteiger partial charge in [0.05, 0.1) is 19.6 Å². The Kier molecular flexibility index (Phi) is 7.24. The average molecular weight is 351 g/mol. The number of carbonyl (C=O) groups excluding carboxylic acids is 3. The number of ketones is 1. The van der Waals surface area contributed by atoms with Gasteiger partial charge in [-0.2, -0.15) is 13.2 Å². The quantitative estimate of drug-likeness (QED) is 0.312. The molecule has 0 aromatic heterocycles. The molecule has 0 saturated heterocycles. The zero-order valence-corrected chi connectivity index (χ0v) is 13.5. The van der Waals surface area contributed by atoms with Crippen LogP contribution in [0, 0.1) is 0 Å². The predicted octanol–water partition coefficient (Wildman–Crippen LogP) is 2.03. The highest BCUT2D eigenvalue weighted by Gasteiger charge is 2.45. The Labute approximate surface area is 137 Å². The molecule has 1 fully saturated rings. The van der Waals surface area contributed by atoms with E-state index in [0.29, 0.717) is 12.8 Å². The molecule has 0 unspecified atom stereocenters. The molecule has 6 nitrogen and oxygen atoms in total. The number of esters is 2. The minimum atomic E-state index is -5.26. The van der Waals surface area contributed by atoms with Crippen LogP contribution in [0.2, 0.25) is 0 Å². The Morgan fingerprint density at radius 3 is 2.08 bits per heavy atom. The summed E-state index contributed by atoms with van der Waals surface area (Å²) < 4.78 is 47.8. The molecule has 0 atom stereocenters. The number of nitrogens with one attached hydrogen (secondary N) is 1. The van der Waals surface area contributed by atoms with E-state index in [1.807, 2.05) is 0 Å². The van der Waals surface area contributed by atoms with E-state index >= 15 is 0 Å². The molecule has 24 heavy (non-hydrogen) atoms. The van der Waals surface area contributed by atoms with Gasteiger partial charge in [-0.1, -0.05) is 0 Å². The molecule has 9 heteroatoms. The summed E-state index contributed by atoms with van der Waals surface area (Å²) >= 11 is 0. The highest BCUT2D eigenvalue weighted by molar-refractivity contribution is 6.20. The zero-order chi connectivity index (χ0) is 18.3. The molecule has 0 bridgehead atoms. The predicted molar refractivity (Wildman–Crippen MR) is 76.7 cm³/mol. The first kappa shape index (κ1) is 20.0. The third-order valence-electron chi connectivity index (χ3n) is 3.38. The lowest BCUT2D eigenvalue weighted by atomic mass is 9.92. The number of hydrogen-bond acceptors (Lipinski definition) is 6. The topological polar surface area (TPSA) is 81.7 Å². The molecule has 1 aliphatic carbocycles. The van der Waals surface area contributed by atoms with Crippen molar-refractivity contribution in [3.63, 3.8) is 0 Å². The van der Waals surface area contributed by atoms with E-state index in [1.165, 1.54) is 13.8 Å². The minimum Gasteiger partial charge on any atom is -0.466 e. The highest BCUT2D eigenvalue weighted by Crippen LogP contribution is 2.26. The SMILES string of the molecule is CCOC(=O)CC(NC1CCC1)=C(C(=O)OCC)C(=O)C(F)(F)F. The molecule has 136 valence electrons. The van der Waals surface area contributed by atoms with Crippen molar-refractivity contribution in [3.8, 4) is 0 Å². The third-order valence-corrected chi connectivity index (χ3v) is 3.38. The van der Waals surface area contributed by atoms with E-state index in [1.54, 1.807) is 0 Å². The number of alkyl halides is 3. The second kappa shape index (κ2) is 8.70. The molecule has 1 aliphatic rings. The van der Waals surface area contributed by atoms with Crippen molar-refractivity contribution in [1.82, 2.24) is 5.32 Å². The monoisotopic (exact) mass is 351 g/mol. The van der Waals surface area contributed by atoms with Crippen LogP contribution in [0.4, 0.5) is 13.2 Å². The Balaban J connectivity index is 3.25. The van der Waals surface area contributed by atoms with E-state index in [4.69, 9.17) is 4.74 Å². The molecular weight excluding hydrogens is 331 g/mol. The summed E-state index contributed by atoms with van der Waals surface area (Å²) in [6.45, 7) is 2.76. The first-order valence-electron chi connectivity index (χ1n) is 7.64. The molecule has 1 N–H and O–H groups in total. The van der Waals surface area contributed by atoms with Gasteiger partial charge in [0.25, 0.3) is 5.78 Å². The maximum atomic E-state index is 12.8. The number of rotatable bonds is 8. The van der Waals surface area contributed by atoms with Crippen LogP contribution in [0.15, 0.2) is 11.3 Å². The smallest absolute Gasteiger partial charge is 0.455 e. The summed E-state index contributed by atoms with van der Waals surface area (Å²) in [5.41, 5.74) is -1.59. The van der Waals surface area contributed by atoms with Crippen LogP contribution in [0.5, 0.6) is 0 Å². The van der Waals surface area contributed by atoms with Crippen molar-refractivity contribution in [2.24, 2.45) is 0 Å². The number of ether oxygens (including phenoxy) is 2.